The molecular weight excluding hydrogens is 252 g/mol. The number of ether oxygens (including phenoxy) is 1. The van der Waals surface area contributed by atoms with Crippen molar-refractivity contribution in [3.05, 3.63) is 0 Å². The van der Waals surface area contributed by atoms with Crippen molar-refractivity contribution in [2.24, 2.45) is 0 Å². The predicted molar refractivity (Wildman–Crippen MR) is 80.7 cm³/mol. The van der Waals surface area contributed by atoms with Crippen LogP contribution in [0, 0.1) is 0 Å². The van der Waals surface area contributed by atoms with Crippen LogP contribution < -0.4 is 5.32 Å². The number of nitrogens with zero attached hydrogens (tertiary/aromatic N) is 1. The summed E-state index contributed by atoms with van der Waals surface area (Å²) in [5.41, 5.74) is 0. The van der Waals surface area contributed by atoms with Gasteiger partial charge < -0.3 is 15.0 Å². The summed E-state index contributed by atoms with van der Waals surface area (Å²) < 4.78 is 4.93. The molecule has 0 aromatic heterocycles. The zero-order chi connectivity index (χ0) is 14.4. The van der Waals surface area contributed by atoms with Crippen LogP contribution in [0.15, 0.2) is 0 Å². The van der Waals surface area contributed by atoms with Gasteiger partial charge in [-0.3, -0.25) is 4.79 Å². The van der Waals surface area contributed by atoms with Crippen LogP contribution in [0.1, 0.15) is 58.3 Å². The molecule has 0 saturated heterocycles. The average Bonchev–Trinajstić information content (AvgIpc) is 3.31. The quantitative estimate of drug-likeness (QED) is 0.694. The van der Waals surface area contributed by atoms with E-state index in [1.807, 2.05) is 0 Å². The van der Waals surface area contributed by atoms with Gasteiger partial charge in [0, 0.05) is 18.6 Å². The van der Waals surface area contributed by atoms with E-state index in [1.165, 1.54) is 52.1 Å². The molecule has 0 amide bonds. The zero-order valence-corrected chi connectivity index (χ0v) is 13.1. The van der Waals surface area contributed by atoms with Crippen LogP contribution in [0.25, 0.3) is 0 Å². The fourth-order valence-electron chi connectivity index (χ4n) is 3.29. The normalized spacial score (nSPS) is 21.9. The van der Waals surface area contributed by atoms with Crippen LogP contribution in [0.3, 0.4) is 0 Å². The Morgan fingerprint density at radius 2 is 1.95 bits per heavy atom. The fourth-order valence-corrected chi connectivity index (χ4v) is 3.29. The first-order chi connectivity index (χ1) is 9.74. The molecule has 1 unspecified atom stereocenters. The van der Waals surface area contributed by atoms with Gasteiger partial charge in [-0.05, 0) is 38.6 Å². The van der Waals surface area contributed by atoms with Crippen LogP contribution in [0.5, 0.6) is 0 Å². The molecule has 2 rings (SSSR count). The molecule has 0 spiro atoms. The number of methoxy groups -OCH3 is 1. The molecule has 0 aromatic rings. The van der Waals surface area contributed by atoms with Crippen molar-refractivity contribution < 1.29 is 9.53 Å². The Bertz CT molecular complexity index is 299. The highest BCUT2D eigenvalue weighted by atomic mass is 16.5. The Labute approximate surface area is 123 Å². The standard InChI is InChI=1S/C16H30N2O2/c1-3-18(14-7-5-4-6-8-14)12-11-15(16(19)20-2)17-13-9-10-13/h13-15,17H,3-12H2,1-2H3. The SMILES string of the molecule is CCN(CCC(NC1CC1)C(=O)OC)C1CCCCC1. The highest BCUT2D eigenvalue weighted by Crippen LogP contribution is 2.23. The summed E-state index contributed by atoms with van der Waals surface area (Å²) in [6.45, 7) is 4.32. The molecule has 1 N–H and O–H groups in total. The van der Waals surface area contributed by atoms with Gasteiger partial charge in [0.2, 0.25) is 0 Å². The monoisotopic (exact) mass is 282 g/mol. The van der Waals surface area contributed by atoms with Crippen LogP contribution in [-0.2, 0) is 9.53 Å². The molecule has 0 aliphatic heterocycles. The minimum atomic E-state index is -0.120. The number of carbonyl (C=O) groups excluding carboxylic acids is 1. The lowest BCUT2D eigenvalue weighted by Gasteiger charge is -2.34. The third-order valence-electron chi connectivity index (χ3n) is 4.70. The molecule has 1 atom stereocenters. The lowest BCUT2D eigenvalue weighted by atomic mass is 9.94. The third-order valence-corrected chi connectivity index (χ3v) is 4.70. The summed E-state index contributed by atoms with van der Waals surface area (Å²) in [5.74, 6) is -0.100. The van der Waals surface area contributed by atoms with Crippen molar-refractivity contribution in [1.29, 1.82) is 0 Å². The molecule has 20 heavy (non-hydrogen) atoms. The van der Waals surface area contributed by atoms with Crippen molar-refractivity contribution >= 4 is 5.97 Å². The van der Waals surface area contributed by atoms with E-state index in [0.29, 0.717) is 6.04 Å². The molecule has 2 saturated carbocycles. The minimum absolute atomic E-state index is 0.100. The van der Waals surface area contributed by atoms with Crippen molar-refractivity contribution in [1.82, 2.24) is 10.2 Å². The number of esters is 1. The zero-order valence-electron chi connectivity index (χ0n) is 13.1. The van der Waals surface area contributed by atoms with Gasteiger partial charge in [-0.25, -0.2) is 0 Å². The van der Waals surface area contributed by atoms with Gasteiger partial charge >= 0.3 is 5.97 Å². The Hall–Kier alpha value is -0.610. The Morgan fingerprint density at radius 1 is 1.25 bits per heavy atom. The van der Waals surface area contributed by atoms with Gasteiger partial charge in [0.25, 0.3) is 0 Å². The first kappa shape index (κ1) is 15.8. The molecule has 2 fully saturated rings. The van der Waals surface area contributed by atoms with E-state index in [-0.39, 0.29) is 12.0 Å². The number of rotatable bonds is 8. The molecule has 116 valence electrons. The lowest BCUT2D eigenvalue weighted by Crippen LogP contribution is -2.44. The predicted octanol–water partition coefficient (Wildman–Crippen LogP) is 2.32. The Morgan fingerprint density at radius 3 is 2.50 bits per heavy atom. The molecule has 0 bridgehead atoms. The molecule has 4 heteroatoms. The average molecular weight is 282 g/mol. The fraction of sp³-hybridized carbons (Fsp3) is 0.938. The maximum absolute atomic E-state index is 11.8. The van der Waals surface area contributed by atoms with Crippen LogP contribution >= 0.6 is 0 Å². The van der Waals surface area contributed by atoms with Gasteiger partial charge in [-0.1, -0.05) is 26.2 Å². The van der Waals surface area contributed by atoms with Gasteiger partial charge in [0.1, 0.15) is 6.04 Å². The van der Waals surface area contributed by atoms with E-state index in [1.54, 1.807) is 0 Å². The number of nitrogens with one attached hydrogen (secondary N) is 1. The maximum Gasteiger partial charge on any atom is 0.322 e. The third kappa shape index (κ3) is 4.74. The molecule has 0 heterocycles. The highest BCUT2D eigenvalue weighted by Gasteiger charge is 2.29. The molecule has 0 radical (unpaired) electrons. The topological polar surface area (TPSA) is 41.6 Å². The number of carbonyl (C=O) groups is 1. The smallest absolute Gasteiger partial charge is 0.322 e. The van der Waals surface area contributed by atoms with Crippen LogP contribution in [0.2, 0.25) is 0 Å². The van der Waals surface area contributed by atoms with E-state index in [4.69, 9.17) is 4.74 Å². The Balaban J connectivity index is 1.80. The highest BCUT2D eigenvalue weighted by molar-refractivity contribution is 5.75. The molecular formula is C16H30N2O2. The summed E-state index contributed by atoms with van der Waals surface area (Å²) in [5, 5.41) is 3.42. The van der Waals surface area contributed by atoms with Crippen LogP contribution in [-0.4, -0.2) is 49.2 Å². The van der Waals surface area contributed by atoms with Gasteiger partial charge in [-0.15, -0.1) is 0 Å². The molecule has 2 aliphatic rings. The summed E-state index contributed by atoms with van der Waals surface area (Å²) in [6.07, 6.45) is 10.0. The van der Waals surface area contributed by atoms with Crippen molar-refractivity contribution in [2.45, 2.75) is 76.4 Å². The maximum atomic E-state index is 11.8. The van der Waals surface area contributed by atoms with Gasteiger partial charge in [0.15, 0.2) is 0 Å². The molecule has 0 aromatic carbocycles. The second-order valence-electron chi connectivity index (χ2n) is 6.23. The number of hydrogen-bond acceptors (Lipinski definition) is 4. The summed E-state index contributed by atoms with van der Waals surface area (Å²) in [7, 11) is 1.49. The van der Waals surface area contributed by atoms with Crippen molar-refractivity contribution in [2.75, 3.05) is 20.2 Å². The minimum Gasteiger partial charge on any atom is -0.468 e. The number of hydrogen-bond donors (Lipinski definition) is 1. The molecule has 4 nitrogen and oxygen atoms in total. The van der Waals surface area contributed by atoms with Gasteiger partial charge in [0.05, 0.1) is 7.11 Å². The lowest BCUT2D eigenvalue weighted by molar-refractivity contribution is -0.143. The summed E-state index contributed by atoms with van der Waals surface area (Å²) >= 11 is 0. The first-order valence-corrected chi connectivity index (χ1v) is 8.32. The Kier molecular flexibility index (Phi) is 6.30. The van der Waals surface area contributed by atoms with E-state index >= 15 is 0 Å². The second-order valence-corrected chi connectivity index (χ2v) is 6.23. The van der Waals surface area contributed by atoms with E-state index in [2.05, 4.69) is 17.1 Å². The van der Waals surface area contributed by atoms with Crippen molar-refractivity contribution in [3.63, 3.8) is 0 Å². The summed E-state index contributed by atoms with van der Waals surface area (Å²) in [6, 6.07) is 1.15. The second kappa shape index (κ2) is 7.99. The van der Waals surface area contributed by atoms with E-state index in [0.717, 1.165) is 25.6 Å². The molecule has 2 aliphatic carbocycles. The van der Waals surface area contributed by atoms with E-state index in [9.17, 15) is 4.79 Å². The van der Waals surface area contributed by atoms with Crippen molar-refractivity contribution in [3.8, 4) is 0 Å². The van der Waals surface area contributed by atoms with Crippen LogP contribution in [0.4, 0.5) is 0 Å². The van der Waals surface area contributed by atoms with E-state index < -0.39 is 0 Å². The van der Waals surface area contributed by atoms with Gasteiger partial charge in [-0.2, -0.15) is 0 Å². The largest absolute Gasteiger partial charge is 0.468 e. The first-order valence-electron chi connectivity index (χ1n) is 8.32. The summed E-state index contributed by atoms with van der Waals surface area (Å²) in [4.78, 5) is 14.4.